The van der Waals surface area contributed by atoms with E-state index >= 15 is 0 Å². The average Bonchev–Trinajstić information content (AvgIpc) is 2.65. The molecule has 1 aliphatic rings. The molecule has 2 heteroatoms. The van der Waals surface area contributed by atoms with Gasteiger partial charge in [-0.05, 0) is 31.0 Å². The fourth-order valence-electron chi connectivity index (χ4n) is 2.83. The maximum atomic E-state index is 6.07. The minimum absolute atomic E-state index is 1.18. The van der Waals surface area contributed by atoms with E-state index in [2.05, 4.69) is 56.9 Å². The van der Waals surface area contributed by atoms with Gasteiger partial charge < -0.3 is 12.2 Å². The van der Waals surface area contributed by atoms with Gasteiger partial charge >= 0.3 is 0 Å². The third-order valence-corrected chi connectivity index (χ3v) is 7.83. The maximum Gasteiger partial charge on any atom is 0.0847 e. The Kier molecular flexibility index (Phi) is 4.92. The number of allylic oxidation sites excluding steroid dienone is 3. The zero-order valence-corrected chi connectivity index (χ0v) is 13.9. The molecule has 19 heavy (non-hydrogen) atoms. The average molecular weight is 290 g/mol. The molecule has 0 saturated carbocycles. The molecule has 1 heterocycles. The Morgan fingerprint density at radius 3 is 2.21 bits per heavy atom. The number of hydrogen-bond donors (Lipinski definition) is 0. The van der Waals surface area contributed by atoms with Crippen molar-refractivity contribution in [2.75, 3.05) is 6.66 Å². The van der Waals surface area contributed by atoms with Gasteiger partial charge in [0.2, 0.25) is 0 Å². The van der Waals surface area contributed by atoms with Gasteiger partial charge in [-0.1, -0.05) is 50.6 Å². The second kappa shape index (κ2) is 6.29. The first-order valence-corrected chi connectivity index (χ1v) is 10.4. The lowest BCUT2D eigenvalue weighted by Crippen LogP contribution is -1.93. The summed E-state index contributed by atoms with van der Waals surface area (Å²) in [6, 6.07) is 10.7. The van der Waals surface area contributed by atoms with Gasteiger partial charge in [-0.25, -0.2) is 0 Å². The zero-order valence-electron chi connectivity index (χ0n) is 12.1. The Morgan fingerprint density at radius 1 is 1.00 bits per heavy atom. The van der Waals surface area contributed by atoms with Crippen LogP contribution in [0.5, 0.6) is 0 Å². The van der Waals surface area contributed by atoms with E-state index in [1.54, 1.807) is 5.31 Å². The minimum Gasteiger partial charge on any atom is -0.546 e. The summed E-state index contributed by atoms with van der Waals surface area (Å²) in [6.45, 7) is 5.31. The van der Waals surface area contributed by atoms with Crippen LogP contribution in [-0.4, -0.2) is 6.66 Å². The smallest absolute Gasteiger partial charge is 0.0847 e. The molecule has 0 N–H and O–H groups in total. The predicted molar refractivity (Wildman–Crippen MR) is 91.5 cm³/mol. The van der Waals surface area contributed by atoms with Gasteiger partial charge in [-0.15, -0.1) is 0 Å². The number of hydrogen-bond acceptors (Lipinski definition) is 1. The lowest BCUT2D eigenvalue weighted by molar-refractivity contribution is 0.887. The molecule has 0 saturated heterocycles. The molecule has 1 atom stereocenters. The van der Waals surface area contributed by atoms with Crippen LogP contribution in [0, 0.1) is 0 Å². The molecule has 0 radical (unpaired) electrons. The third kappa shape index (κ3) is 2.98. The molecule has 0 fully saturated rings. The molecule has 0 aromatic heterocycles. The third-order valence-electron chi connectivity index (χ3n) is 3.73. The van der Waals surface area contributed by atoms with Gasteiger partial charge in [0.05, 0.1) is 10.6 Å². The van der Waals surface area contributed by atoms with Crippen molar-refractivity contribution >= 4 is 24.0 Å². The Labute approximate surface area is 123 Å². The van der Waals surface area contributed by atoms with Crippen molar-refractivity contribution in [1.29, 1.82) is 0 Å². The molecule has 0 amide bonds. The van der Waals surface area contributed by atoms with Crippen molar-refractivity contribution in [3.05, 3.63) is 52.9 Å². The molecule has 1 unspecified atom stereocenters. The molecule has 1 aromatic carbocycles. The minimum atomic E-state index is -1.51. The Morgan fingerprint density at radius 2 is 1.63 bits per heavy atom. The fourth-order valence-corrected chi connectivity index (χ4v) is 6.64. The van der Waals surface area contributed by atoms with E-state index in [1.165, 1.54) is 42.1 Å². The van der Waals surface area contributed by atoms with Crippen LogP contribution in [-0.2, 0) is 12.2 Å². The van der Waals surface area contributed by atoms with Crippen molar-refractivity contribution in [2.45, 2.75) is 39.5 Å². The normalized spacial score (nSPS) is 22.8. The van der Waals surface area contributed by atoms with E-state index in [0.717, 1.165) is 0 Å². The lowest BCUT2D eigenvalue weighted by atomic mass is 10.1. The summed E-state index contributed by atoms with van der Waals surface area (Å²) in [5.41, 5.74) is 2.86. The molecule has 0 spiro atoms. The monoisotopic (exact) mass is 290 g/mol. The SMILES string of the molecule is CCCC1=C(CCC)[P+](C)([S-])C(c2ccccc2)=C1. The van der Waals surface area contributed by atoms with Crippen molar-refractivity contribution in [3.8, 4) is 0 Å². The fraction of sp³-hybridized carbons (Fsp3) is 0.412. The lowest BCUT2D eigenvalue weighted by Gasteiger charge is -2.30. The van der Waals surface area contributed by atoms with E-state index in [-0.39, 0.29) is 0 Å². The van der Waals surface area contributed by atoms with Gasteiger partial charge in [-0.2, -0.15) is 0 Å². The maximum absolute atomic E-state index is 6.07. The van der Waals surface area contributed by atoms with Crippen LogP contribution in [0.15, 0.2) is 47.3 Å². The highest BCUT2D eigenvalue weighted by atomic mass is 32.7. The largest absolute Gasteiger partial charge is 0.546 e. The van der Waals surface area contributed by atoms with Gasteiger partial charge in [0.1, 0.15) is 0 Å². The summed E-state index contributed by atoms with van der Waals surface area (Å²) >= 11 is 6.07. The number of benzene rings is 1. The molecular weight excluding hydrogens is 267 g/mol. The molecule has 1 aromatic rings. The van der Waals surface area contributed by atoms with Gasteiger partial charge in [0, 0.05) is 18.6 Å². The summed E-state index contributed by atoms with van der Waals surface area (Å²) < 4.78 is 0. The van der Waals surface area contributed by atoms with E-state index < -0.39 is 6.46 Å². The first-order chi connectivity index (χ1) is 9.11. The quantitative estimate of drug-likeness (QED) is 0.473. The molecular formula is C17H23PS. The van der Waals surface area contributed by atoms with Crippen LogP contribution >= 0.6 is 6.46 Å². The Balaban J connectivity index is 2.41. The van der Waals surface area contributed by atoms with Crippen LogP contribution in [0.3, 0.4) is 0 Å². The second-order valence-corrected chi connectivity index (χ2v) is 10.4. The van der Waals surface area contributed by atoms with Crippen molar-refractivity contribution < 1.29 is 0 Å². The molecule has 102 valence electrons. The summed E-state index contributed by atoms with van der Waals surface area (Å²) in [4.78, 5) is 0. The molecule has 1 aliphatic heterocycles. The molecule has 0 bridgehead atoms. The first-order valence-electron chi connectivity index (χ1n) is 7.19. The molecule has 0 nitrogen and oxygen atoms in total. The summed E-state index contributed by atoms with van der Waals surface area (Å²) in [7, 11) is 0. The predicted octanol–water partition coefficient (Wildman–Crippen LogP) is 6.00. The topological polar surface area (TPSA) is 0 Å². The second-order valence-electron chi connectivity index (χ2n) is 5.29. The highest BCUT2D eigenvalue weighted by Gasteiger charge is 2.36. The van der Waals surface area contributed by atoms with Crippen LogP contribution < -0.4 is 0 Å². The van der Waals surface area contributed by atoms with Crippen LogP contribution in [0.25, 0.3) is 5.31 Å². The van der Waals surface area contributed by atoms with E-state index in [9.17, 15) is 0 Å². The van der Waals surface area contributed by atoms with Crippen molar-refractivity contribution in [2.24, 2.45) is 0 Å². The van der Waals surface area contributed by atoms with Crippen LogP contribution in [0.4, 0.5) is 0 Å². The van der Waals surface area contributed by atoms with Gasteiger partial charge in [0.15, 0.2) is 0 Å². The molecule has 2 rings (SSSR count). The van der Waals surface area contributed by atoms with Crippen LogP contribution in [0.1, 0.15) is 45.1 Å². The van der Waals surface area contributed by atoms with Crippen LogP contribution in [0.2, 0.25) is 0 Å². The van der Waals surface area contributed by atoms with E-state index in [1.807, 2.05) is 0 Å². The molecule has 0 aliphatic carbocycles. The highest BCUT2D eigenvalue weighted by Crippen LogP contribution is 2.76. The van der Waals surface area contributed by atoms with E-state index in [0.29, 0.717) is 0 Å². The highest BCUT2D eigenvalue weighted by molar-refractivity contribution is 8.47. The zero-order chi connectivity index (χ0) is 13.9. The van der Waals surface area contributed by atoms with Gasteiger partial charge in [0.25, 0.3) is 0 Å². The summed E-state index contributed by atoms with van der Waals surface area (Å²) in [6.07, 6.45) is 7.17. The first kappa shape index (κ1) is 14.9. The number of rotatable bonds is 5. The summed E-state index contributed by atoms with van der Waals surface area (Å²) in [5.74, 6) is 0. The Hall–Kier alpha value is -0.520. The Bertz CT molecular complexity index is 497. The van der Waals surface area contributed by atoms with Crippen molar-refractivity contribution in [1.82, 2.24) is 0 Å². The summed E-state index contributed by atoms with van der Waals surface area (Å²) in [5, 5.41) is 3.01. The van der Waals surface area contributed by atoms with E-state index in [4.69, 9.17) is 12.2 Å². The standard InChI is InChI=1S/C17H23PS/c1-4-9-15-13-17(14-11-7-6-8-12-14)18(3,19)16(15)10-5-2/h6-8,11-13H,4-5,9-10H2,1-3H3. The van der Waals surface area contributed by atoms with Crippen molar-refractivity contribution in [3.63, 3.8) is 0 Å². The van der Waals surface area contributed by atoms with Gasteiger partial charge in [-0.3, -0.25) is 0 Å².